The van der Waals surface area contributed by atoms with Crippen molar-refractivity contribution in [2.45, 2.75) is 0 Å². The summed E-state index contributed by atoms with van der Waals surface area (Å²) in [6.45, 7) is 0. The molecule has 0 aliphatic heterocycles. The number of rotatable bonds is 2. The Labute approximate surface area is 96.2 Å². The van der Waals surface area contributed by atoms with Crippen LogP contribution >= 0.6 is 11.6 Å². The minimum absolute atomic E-state index is 0.166. The fourth-order valence-electron chi connectivity index (χ4n) is 1.18. The van der Waals surface area contributed by atoms with Crippen molar-refractivity contribution in [1.82, 2.24) is 5.16 Å². The lowest BCUT2D eigenvalue weighted by Gasteiger charge is -2.08. The third kappa shape index (κ3) is 1.99. The number of hydrogen-bond acceptors (Lipinski definition) is 4. The Balaban J connectivity index is 2.25. The van der Waals surface area contributed by atoms with Crippen LogP contribution in [0.15, 0.2) is 35.1 Å². The number of nitrogens with one attached hydrogen (secondary N) is 1. The molecule has 0 fully saturated rings. The van der Waals surface area contributed by atoms with Crippen molar-refractivity contribution in [1.29, 1.82) is 0 Å². The molecule has 6 heteroatoms. The summed E-state index contributed by atoms with van der Waals surface area (Å²) in [5, 5.41) is 6.44. The SMILES string of the molecule is Nc1cccc(Cl)c1NC(=O)c1ccon1. The minimum atomic E-state index is -0.423. The van der Waals surface area contributed by atoms with Crippen LogP contribution < -0.4 is 11.1 Å². The molecule has 0 bridgehead atoms. The monoisotopic (exact) mass is 237 g/mol. The summed E-state index contributed by atoms with van der Waals surface area (Å²) in [5.74, 6) is -0.423. The van der Waals surface area contributed by atoms with Gasteiger partial charge in [-0.2, -0.15) is 0 Å². The first-order valence-corrected chi connectivity index (χ1v) is 4.82. The standard InChI is InChI=1S/C10H8ClN3O2/c11-6-2-1-3-7(12)9(6)13-10(15)8-4-5-16-14-8/h1-5H,12H2,(H,13,15). The molecular formula is C10H8ClN3O2. The van der Waals surface area contributed by atoms with Crippen molar-refractivity contribution in [2.75, 3.05) is 11.1 Å². The highest BCUT2D eigenvalue weighted by Gasteiger charge is 2.12. The van der Waals surface area contributed by atoms with E-state index in [1.807, 2.05) is 0 Å². The van der Waals surface area contributed by atoms with E-state index in [2.05, 4.69) is 15.0 Å². The first-order chi connectivity index (χ1) is 7.68. The second kappa shape index (κ2) is 4.24. The molecule has 0 aliphatic carbocycles. The summed E-state index contributed by atoms with van der Waals surface area (Å²) in [6, 6.07) is 6.42. The molecule has 16 heavy (non-hydrogen) atoms. The number of nitrogens with two attached hydrogens (primary N) is 1. The van der Waals surface area contributed by atoms with E-state index < -0.39 is 5.91 Å². The number of aromatic nitrogens is 1. The van der Waals surface area contributed by atoms with E-state index in [1.54, 1.807) is 18.2 Å². The lowest BCUT2D eigenvalue weighted by Crippen LogP contribution is -2.13. The molecule has 82 valence electrons. The van der Waals surface area contributed by atoms with Crippen LogP contribution in [0.5, 0.6) is 0 Å². The highest BCUT2D eigenvalue weighted by atomic mass is 35.5. The van der Waals surface area contributed by atoms with Crippen molar-refractivity contribution in [3.05, 3.63) is 41.2 Å². The number of halogens is 1. The molecule has 0 radical (unpaired) electrons. The fourth-order valence-corrected chi connectivity index (χ4v) is 1.41. The summed E-state index contributed by atoms with van der Waals surface area (Å²) in [5.41, 5.74) is 6.61. The lowest BCUT2D eigenvalue weighted by atomic mass is 10.2. The zero-order chi connectivity index (χ0) is 11.5. The molecule has 1 aromatic heterocycles. The van der Waals surface area contributed by atoms with E-state index in [9.17, 15) is 4.79 Å². The van der Waals surface area contributed by atoms with Gasteiger partial charge in [0.05, 0.1) is 16.4 Å². The van der Waals surface area contributed by atoms with Crippen molar-refractivity contribution in [3.8, 4) is 0 Å². The molecule has 3 N–H and O–H groups in total. The number of benzene rings is 1. The van der Waals surface area contributed by atoms with Gasteiger partial charge in [-0.25, -0.2) is 0 Å². The van der Waals surface area contributed by atoms with Gasteiger partial charge in [-0.3, -0.25) is 4.79 Å². The molecule has 0 saturated carbocycles. The Morgan fingerprint density at radius 2 is 2.25 bits per heavy atom. The van der Waals surface area contributed by atoms with Crippen LogP contribution in [0, 0.1) is 0 Å². The quantitative estimate of drug-likeness (QED) is 0.785. The van der Waals surface area contributed by atoms with Gasteiger partial charge in [-0.1, -0.05) is 22.8 Å². The molecule has 1 heterocycles. The predicted molar refractivity (Wildman–Crippen MR) is 60.3 cm³/mol. The third-order valence-electron chi connectivity index (χ3n) is 1.95. The van der Waals surface area contributed by atoms with E-state index in [-0.39, 0.29) is 5.69 Å². The summed E-state index contributed by atoms with van der Waals surface area (Å²) in [6.07, 6.45) is 1.31. The Kier molecular flexibility index (Phi) is 2.78. The number of carbonyl (C=O) groups is 1. The van der Waals surface area contributed by atoms with Gasteiger partial charge >= 0.3 is 0 Å². The van der Waals surface area contributed by atoms with E-state index in [0.717, 1.165) is 0 Å². The average Bonchev–Trinajstić information content (AvgIpc) is 2.76. The molecule has 1 aromatic carbocycles. The highest BCUT2D eigenvalue weighted by Crippen LogP contribution is 2.28. The van der Waals surface area contributed by atoms with Gasteiger partial charge in [0.15, 0.2) is 5.69 Å². The predicted octanol–water partition coefficient (Wildman–Crippen LogP) is 2.16. The zero-order valence-electron chi connectivity index (χ0n) is 8.11. The molecule has 2 aromatic rings. The number of para-hydroxylation sites is 1. The van der Waals surface area contributed by atoms with Gasteiger partial charge in [-0.05, 0) is 12.1 Å². The Hall–Kier alpha value is -2.01. The Morgan fingerprint density at radius 1 is 1.44 bits per heavy atom. The Bertz CT molecular complexity index is 491. The number of amides is 1. The number of nitrogen functional groups attached to an aromatic ring is 1. The van der Waals surface area contributed by atoms with Crippen molar-refractivity contribution in [2.24, 2.45) is 0 Å². The molecule has 0 saturated heterocycles. The summed E-state index contributed by atoms with van der Waals surface area (Å²) in [4.78, 5) is 11.6. The number of anilines is 2. The van der Waals surface area contributed by atoms with Crippen LogP contribution in [0.3, 0.4) is 0 Å². The molecule has 2 rings (SSSR count). The van der Waals surface area contributed by atoms with Gasteiger partial charge in [0.1, 0.15) is 6.26 Å². The molecule has 0 spiro atoms. The second-order valence-electron chi connectivity index (χ2n) is 3.04. The maximum absolute atomic E-state index is 11.6. The molecule has 5 nitrogen and oxygen atoms in total. The van der Waals surface area contributed by atoms with Gasteiger partial charge in [-0.15, -0.1) is 0 Å². The van der Waals surface area contributed by atoms with Crippen LogP contribution in [-0.4, -0.2) is 11.1 Å². The minimum Gasteiger partial charge on any atom is -0.397 e. The molecule has 1 amide bonds. The van der Waals surface area contributed by atoms with Crippen LogP contribution in [0.2, 0.25) is 5.02 Å². The molecule has 0 unspecified atom stereocenters. The molecule has 0 atom stereocenters. The number of carbonyl (C=O) groups excluding carboxylic acids is 1. The van der Waals surface area contributed by atoms with Gasteiger partial charge in [0, 0.05) is 6.07 Å². The smallest absolute Gasteiger partial charge is 0.277 e. The molecule has 0 aliphatic rings. The van der Waals surface area contributed by atoms with Gasteiger partial charge in [0.25, 0.3) is 5.91 Å². The number of nitrogens with zero attached hydrogens (tertiary/aromatic N) is 1. The highest BCUT2D eigenvalue weighted by molar-refractivity contribution is 6.34. The first-order valence-electron chi connectivity index (χ1n) is 4.44. The normalized spacial score (nSPS) is 10.1. The van der Waals surface area contributed by atoms with Crippen molar-refractivity contribution >= 4 is 28.9 Å². The summed E-state index contributed by atoms with van der Waals surface area (Å²) < 4.78 is 4.56. The van der Waals surface area contributed by atoms with E-state index in [0.29, 0.717) is 16.4 Å². The third-order valence-corrected chi connectivity index (χ3v) is 2.27. The van der Waals surface area contributed by atoms with Crippen LogP contribution in [0.4, 0.5) is 11.4 Å². The van der Waals surface area contributed by atoms with Crippen LogP contribution in [0.1, 0.15) is 10.5 Å². The first kappa shape index (κ1) is 10.5. The topological polar surface area (TPSA) is 81.1 Å². The van der Waals surface area contributed by atoms with Crippen molar-refractivity contribution in [3.63, 3.8) is 0 Å². The van der Waals surface area contributed by atoms with E-state index in [4.69, 9.17) is 17.3 Å². The maximum atomic E-state index is 11.6. The zero-order valence-corrected chi connectivity index (χ0v) is 8.86. The lowest BCUT2D eigenvalue weighted by molar-refractivity contribution is 0.101. The van der Waals surface area contributed by atoms with E-state index >= 15 is 0 Å². The number of hydrogen-bond donors (Lipinski definition) is 2. The van der Waals surface area contributed by atoms with Gasteiger partial charge in [0.2, 0.25) is 0 Å². The average molecular weight is 238 g/mol. The maximum Gasteiger partial charge on any atom is 0.277 e. The summed E-state index contributed by atoms with van der Waals surface area (Å²) >= 11 is 5.90. The largest absolute Gasteiger partial charge is 0.397 e. The van der Waals surface area contributed by atoms with Crippen LogP contribution in [-0.2, 0) is 0 Å². The van der Waals surface area contributed by atoms with Crippen molar-refractivity contribution < 1.29 is 9.32 Å². The van der Waals surface area contributed by atoms with Crippen LogP contribution in [0.25, 0.3) is 0 Å². The second-order valence-corrected chi connectivity index (χ2v) is 3.45. The fraction of sp³-hybridized carbons (Fsp3) is 0. The molecular weight excluding hydrogens is 230 g/mol. The van der Waals surface area contributed by atoms with E-state index in [1.165, 1.54) is 12.3 Å². The Morgan fingerprint density at radius 3 is 2.88 bits per heavy atom. The summed E-state index contributed by atoms with van der Waals surface area (Å²) in [7, 11) is 0. The van der Waals surface area contributed by atoms with Gasteiger partial charge < -0.3 is 15.6 Å².